The van der Waals surface area contributed by atoms with E-state index in [4.69, 9.17) is 4.74 Å². The largest absolute Gasteiger partial charge is 0.496 e. The van der Waals surface area contributed by atoms with Gasteiger partial charge in [-0.15, -0.1) is 0 Å². The minimum Gasteiger partial charge on any atom is -0.496 e. The molecule has 4 rings (SSSR count). The Kier molecular flexibility index (Phi) is 3.19. The van der Waals surface area contributed by atoms with Gasteiger partial charge < -0.3 is 10.1 Å². The van der Waals surface area contributed by atoms with Crippen LogP contribution in [0.15, 0.2) is 24.3 Å². The normalized spacial score (nSPS) is 21.0. The average molecular weight is 307 g/mol. The first-order chi connectivity index (χ1) is 11.0. The van der Waals surface area contributed by atoms with Crippen molar-refractivity contribution >= 4 is 5.69 Å². The van der Waals surface area contributed by atoms with E-state index in [0.29, 0.717) is 17.9 Å². The van der Waals surface area contributed by atoms with Crippen LogP contribution in [0.25, 0.3) is 0 Å². The Morgan fingerprint density at radius 2 is 1.91 bits per heavy atom. The molecule has 0 saturated carbocycles. The van der Waals surface area contributed by atoms with Crippen LogP contribution in [-0.2, 0) is 6.42 Å². The second kappa shape index (κ2) is 5.02. The number of anilines is 1. The summed E-state index contributed by atoms with van der Waals surface area (Å²) in [5.74, 6) is 2.19. The van der Waals surface area contributed by atoms with E-state index in [1.807, 2.05) is 0 Å². The van der Waals surface area contributed by atoms with Crippen molar-refractivity contribution in [3.8, 4) is 5.75 Å². The Morgan fingerprint density at radius 3 is 2.61 bits per heavy atom. The van der Waals surface area contributed by atoms with Crippen LogP contribution in [0.4, 0.5) is 5.69 Å². The highest BCUT2D eigenvalue weighted by atomic mass is 16.5. The van der Waals surface area contributed by atoms with Gasteiger partial charge in [-0.3, -0.25) is 0 Å². The van der Waals surface area contributed by atoms with Crippen molar-refractivity contribution in [1.82, 2.24) is 0 Å². The van der Waals surface area contributed by atoms with E-state index in [2.05, 4.69) is 57.3 Å². The third-order valence-electron chi connectivity index (χ3n) is 5.69. The van der Waals surface area contributed by atoms with Gasteiger partial charge in [-0.25, -0.2) is 0 Å². The lowest BCUT2D eigenvalue weighted by Crippen LogP contribution is -2.06. The van der Waals surface area contributed by atoms with Crippen molar-refractivity contribution in [3.63, 3.8) is 0 Å². The van der Waals surface area contributed by atoms with Gasteiger partial charge in [0.05, 0.1) is 13.2 Å². The highest BCUT2D eigenvalue weighted by Crippen LogP contribution is 2.53. The summed E-state index contributed by atoms with van der Waals surface area (Å²) in [4.78, 5) is 0. The van der Waals surface area contributed by atoms with Crippen molar-refractivity contribution < 1.29 is 4.74 Å². The molecule has 0 aromatic heterocycles. The molecule has 1 N–H and O–H groups in total. The van der Waals surface area contributed by atoms with E-state index in [-0.39, 0.29) is 0 Å². The Hall–Kier alpha value is -1.96. The summed E-state index contributed by atoms with van der Waals surface area (Å²) in [6, 6.07) is 9.71. The van der Waals surface area contributed by atoms with Crippen molar-refractivity contribution in [3.05, 3.63) is 57.6 Å². The monoisotopic (exact) mass is 307 g/mol. The van der Waals surface area contributed by atoms with Gasteiger partial charge in [0.25, 0.3) is 0 Å². The zero-order valence-electron chi connectivity index (χ0n) is 14.7. The van der Waals surface area contributed by atoms with E-state index in [1.165, 1.54) is 39.1 Å². The second-order valence-corrected chi connectivity index (χ2v) is 7.35. The Balaban J connectivity index is 1.80. The Labute approximate surface area is 138 Å². The van der Waals surface area contributed by atoms with Crippen LogP contribution < -0.4 is 10.1 Å². The fourth-order valence-electron chi connectivity index (χ4n) is 4.47. The lowest BCUT2D eigenvalue weighted by Gasteiger charge is -2.16. The maximum absolute atomic E-state index is 5.62. The standard InChI is InChI=1S/C21H25NO/c1-11(2)14-6-7-19-16(9-14)18-10-15-13(4)21(23-5)12(3)8-17(15)20(18)22-19/h6-9,11,18,20,22H,10H2,1-5H3. The van der Waals surface area contributed by atoms with Crippen molar-refractivity contribution in [2.75, 3.05) is 12.4 Å². The van der Waals surface area contributed by atoms with E-state index >= 15 is 0 Å². The summed E-state index contributed by atoms with van der Waals surface area (Å²) in [5.41, 5.74) is 9.76. The highest BCUT2D eigenvalue weighted by molar-refractivity contribution is 5.67. The fraction of sp³-hybridized carbons (Fsp3) is 0.429. The summed E-state index contributed by atoms with van der Waals surface area (Å²) in [5, 5.41) is 3.77. The number of aryl methyl sites for hydroxylation is 1. The summed E-state index contributed by atoms with van der Waals surface area (Å²) in [6.07, 6.45) is 1.12. The molecular weight excluding hydrogens is 282 g/mol. The number of benzene rings is 2. The fourth-order valence-corrected chi connectivity index (χ4v) is 4.47. The quantitative estimate of drug-likeness (QED) is 0.819. The van der Waals surface area contributed by atoms with Crippen molar-refractivity contribution in [2.45, 2.75) is 52.0 Å². The predicted octanol–water partition coefficient (Wildman–Crippen LogP) is 5.24. The third-order valence-corrected chi connectivity index (χ3v) is 5.69. The maximum atomic E-state index is 5.62. The zero-order valence-corrected chi connectivity index (χ0v) is 14.7. The van der Waals surface area contributed by atoms with Gasteiger partial charge in [0, 0.05) is 11.6 Å². The number of rotatable bonds is 2. The number of methoxy groups -OCH3 is 1. The molecule has 1 aliphatic heterocycles. The van der Waals surface area contributed by atoms with E-state index < -0.39 is 0 Å². The molecule has 0 amide bonds. The second-order valence-electron chi connectivity index (χ2n) is 7.35. The lowest BCUT2D eigenvalue weighted by molar-refractivity contribution is 0.408. The molecule has 1 aliphatic carbocycles. The van der Waals surface area contributed by atoms with Gasteiger partial charge in [-0.1, -0.05) is 32.0 Å². The van der Waals surface area contributed by atoms with Crippen LogP contribution >= 0.6 is 0 Å². The molecule has 0 bridgehead atoms. The van der Waals surface area contributed by atoms with Crippen LogP contribution in [0.2, 0.25) is 0 Å². The van der Waals surface area contributed by atoms with Crippen LogP contribution in [-0.4, -0.2) is 7.11 Å². The summed E-state index contributed by atoms with van der Waals surface area (Å²) >= 11 is 0. The molecule has 0 fully saturated rings. The van der Waals surface area contributed by atoms with Gasteiger partial charge >= 0.3 is 0 Å². The number of hydrogen-bond donors (Lipinski definition) is 1. The van der Waals surface area contributed by atoms with Crippen LogP contribution in [0.1, 0.15) is 65.1 Å². The minimum atomic E-state index is 0.422. The zero-order chi connectivity index (χ0) is 16.3. The van der Waals surface area contributed by atoms with Crippen molar-refractivity contribution in [2.24, 2.45) is 0 Å². The van der Waals surface area contributed by atoms with E-state index in [9.17, 15) is 0 Å². The van der Waals surface area contributed by atoms with Crippen molar-refractivity contribution in [1.29, 1.82) is 0 Å². The molecule has 0 radical (unpaired) electrons. The van der Waals surface area contributed by atoms with Crippen LogP contribution in [0, 0.1) is 13.8 Å². The first-order valence-corrected chi connectivity index (χ1v) is 8.58. The molecule has 2 aromatic carbocycles. The molecular formula is C21H25NO. The Bertz CT molecular complexity index is 791. The van der Waals surface area contributed by atoms with Gasteiger partial charge in [-0.05, 0) is 65.6 Å². The Morgan fingerprint density at radius 1 is 1.13 bits per heavy atom. The summed E-state index contributed by atoms with van der Waals surface area (Å²) in [6.45, 7) is 8.89. The third kappa shape index (κ3) is 2.00. The molecule has 2 aliphatic rings. The van der Waals surface area contributed by atoms with Crippen LogP contribution in [0.3, 0.4) is 0 Å². The molecule has 2 heteroatoms. The first kappa shape index (κ1) is 14.6. The average Bonchev–Trinajstić information content (AvgIpc) is 3.04. The molecule has 2 aromatic rings. The molecule has 2 unspecified atom stereocenters. The van der Waals surface area contributed by atoms with Gasteiger partial charge in [0.1, 0.15) is 5.75 Å². The van der Waals surface area contributed by atoms with Gasteiger partial charge in [0.2, 0.25) is 0 Å². The number of ether oxygens (including phenoxy) is 1. The molecule has 1 heterocycles. The minimum absolute atomic E-state index is 0.422. The number of nitrogens with one attached hydrogen (secondary N) is 1. The molecule has 0 saturated heterocycles. The molecule has 0 spiro atoms. The lowest BCUT2D eigenvalue weighted by atomic mass is 9.92. The molecule has 2 atom stereocenters. The SMILES string of the molecule is COc1c(C)cc2c(c1C)CC1c3cc(C(C)C)ccc3NC21. The first-order valence-electron chi connectivity index (χ1n) is 8.58. The van der Waals surface area contributed by atoms with E-state index in [0.717, 1.165) is 12.2 Å². The topological polar surface area (TPSA) is 21.3 Å². The smallest absolute Gasteiger partial charge is 0.124 e. The van der Waals surface area contributed by atoms with E-state index in [1.54, 1.807) is 7.11 Å². The van der Waals surface area contributed by atoms with Crippen LogP contribution in [0.5, 0.6) is 5.75 Å². The maximum Gasteiger partial charge on any atom is 0.124 e. The molecule has 23 heavy (non-hydrogen) atoms. The predicted molar refractivity (Wildman–Crippen MR) is 95.8 cm³/mol. The number of fused-ring (bicyclic) bond motifs is 5. The molecule has 120 valence electrons. The molecule has 2 nitrogen and oxygen atoms in total. The van der Waals surface area contributed by atoms with Gasteiger partial charge in [0.15, 0.2) is 0 Å². The number of hydrogen-bond acceptors (Lipinski definition) is 2. The summed E-state index contributed by atoms with van der Waals surface area (Å²) in [7, 11) is 1.78. The van der Waals surface area contributed by atoms with Gasteiger partial charge in [-0.2, -0.15) is 0 Å². The summed E-state index contributed by atoms with van der Waals surface area (Å²) < 4.78 is 5.62. The highest BCUT2D eigenvalue weighted by Gasteiger charge is 2.41.